The van der Waals surface area contributed by atoms with Crippen molar-refractivity contribution in [3.05, 3.63) is 40.8 Å². The summed E-state index contributed by atoms with van der Waals surface area (Å²) in [7, 11) is 0. The molecule has 5 heteroatoms. The van der Waals surface area contributed by atoms with E-state index in [1.54, 1.807) is 12.1 Å². The molecule has 2 N–H and O–H groups in total. The number of hydrogen-bond acceptors (Lipinski definition) is 3. The molecule has 0 unspecified atom stereocenters. The van der Waals surface area contributed by atoms with Gasteiger partial charge in [0.15, 0.2) is 5.76 Å². The second-order valence-electron chi connectivity index (χ2n) is 3.01. The molecule has 2 rings (SSSR count). The van der Waals surface area contributed by atoms with E-state index in [4.69, 9.17) is 21.9 Å². The monoisotopic (exact) mass is 226 g/mol. The van der Waals surface area contributed by atoms with Crippen molar-refractivity contribution in [3.63, 3.8) is 0 Å². The van der Waals surface area contributed by atoms with Crippen molar-refractivity contribution in [1.82, 2.24) is 5.16 Å². The number of hydrogen-bond donors (Lipinski definition) is 1. The van der Waals surface area contributed by atoms with E-state index in [1.165, 1.54) is 12.1 Å². The second-order valence-corrected chi connectivity index (χ2v) is 3.42. The highest BCUT2D eigenvalue weighted by Crippen LogP contribution is 2.28. The Morgan fingerprint density at radius 3 is 2.80 bits per heavy atom. The molecular formula is C10H8ClFN2O. The average Bonchev–Trinajstić information content (AvgIpc) is 2.66. The zero-order valence-electron chi connectivity index (χ0n) is 7.71. The van der Waals surface area contributed by atoms with E-state index in [9.17, 15) is 4.39 Å². The van der Waals surface area contributed by atoms with Crippen molar-refractivity contribution in [3.8, 4) is 11.3 Å². The number of halogens is 2. The van der Waals surface area contributed by atoms with Gasteiger partial charge in [-0.3, -0.25) is 0 Å². The topological polar surface area (TPSA) is 52.0 Å². The summed E-state index contributed by atoms with van der Waals surface area (Å²) in [6.45, 7) is 0.294. The first-order chi connectivity index (χ1) is 7.20. The summed E-state index contributed by atoms with van der Waals surface area (Å²) in [4.78, 5) is 0. The molecule has 1 aromatic carbocycles. The Hall–Kier alpha value is -1.39. The molecule has 15 heavy (non-hydrogen) atoms. The molecule has 1 aromatic heterocycles. The predicted molar refractivity (Wildman–Crippen MR) is 54.8 cm³/mol. The van der Waals surface area contributed by atoms with Crippen LogP contribution in [0.2, 0.25) is 5.02 Å². The minimum Gasteiger partial charge on any atom is -0.356 e. The summed E-state index contributed by atoms with van der Waals surface area (Å²) in [5, 5.41) is 4.01. The van der Waals surface area contributed by atoms with Crippen molar-refractivity contribution in [2.24, 2.45) is 5.73 Å². The summed E-state index contributed by atoms with van der Waals surface area (Å²) in [6, 6.07) is 5.75. The smallest absolute Gasteiger partial charge is 0.168 e. The van der Waals surface area contributed by atoms with Crippen LogP contribution in [0.4, 0.5) is 4.39 Å². The van der Waals surface area contributed by atoms with Crippen molar-refractivity contribution in [2.45, 2.75) is 6.54 Å². The van der Waals surface area contributed by atoms with Gasteiger partial charge in [0.1, 0.15) is 5.82 Å². The van der Waals surface area contributed by atoms with Gasteiger partial charge in [0.05, 0.1) is 10.7 Å². The molecule has 0 saturated heterocycles. The lowest BCUT2D eigenvalue weighted by Crippen LogP contribution is -1.94. The minimum absolute atomic E-state index is 0.287. The quantitative estimate of drug-likeness (QED) is 0.856. The Kier molecular flexibility index (Phi) is 2.70. The lowest BCUT2D eigenvalue weighted by Gasteiger charge is -1.98. The van der Waals surface area contributed by atoms with Gasteiger partial charge in [-0.1, -0.05) is 16.8 Å². The summed E-state index contributed by atoms with van der Waals surface area (Å²) >= 11 is 5.86. The molecule has 1 heterocycles. The fraction of sp³-hybridized carbons (Fsp3) is 0.100. The van der Waals surface area contributed by atoms with Crippen LogP contribution in [0.5, 0.6) is 0 Å². The molecular weight excluding hydrogens is 219 g/mol. The van der Waals surface area contributed by atoms with Crippen molar-refractivity contribution < 1.29 is 8.91 Å². The van der Waals surface area contributed by atoms with Gasteiger partial charge >= 0.3 is 0 Å². The van der Waals surface area contributed by atoms with E-state index in [1.807, 2.05) is 0 Å². The number of nitrogens with two attached hydrogens (primary N) is 1. The maximum atomic E-state index is 12.8. The highest BCUT2D eigenvalue weighted by atomic mass is 35.5. The van der Waals surface area contributed by atoms with Crippen LogP contribution in [0.15, 0.2) is 28.8 Å². The first-order valence-electron chi connectivity index (χ1n) is 4.32. The lowest BCUT2D eigenvalue weighted by molar-refractivity contribution is 0.424. The van der Waals surface area contributed by atoms with Crippen molar-refractivity contribution >= 4 is 11.6 Å². The van der Waals surface area contributed by atoms with Gasteiger partial charge in [-0.2, -0.15) is 0 Å². The summed E-state index contributed by atoms with van der Waals surface area (Å²) in [5.74, 6) is 0.0998. The van der Waals surface area contributed by atoms with E-state index in [-0.39, 0.29) is 10.8 Å². The molecule has 2 aromatic rings. The molecule has 0 aliphatic rings. The Bertz CT molecular complexity index is 484. The fourth-order valence-corrected chi connectivity index (χ4v) is 1.48. The van der Waals surface area contributed by atoms with E-state index in [0.717, 1.165) is 0 Å². The molecule has 0 fully saturated rings. The molecule has 0 bridgehead atoms. The first kappa shape index (κ1) is 10.1. The number of nitrogens with zero attached hydrogens (tertiary/aromatic N) is 1. The van der Waals surface area contributed by atoms with E-state index in [2.05, 4.69) is 5.16 Å². The number of benzene rings is 1. The number of rotatable bonds is 2. The van der Waals surface area contributed by atoms with Gasteiger partial charge in [0.25, 0.3) is 0 Å². The van der Waals surface area contributed by atoms with Gasteiger partial charge in [0, 0.05) is 18.2 Å². The molecule has 3 nitrogen and oxygen atoms in total. The van der Waals surface area contributed by atoms with E-state index < -0.39 is 0 Å². The van der Waals surface area contributed by atoms with Crippen LogP contribution in [0.3, 0.4) is 0 Å². The average molecular weight is 227 g/mol. The zero-order valence-corrected chi connectivity index (χ0v) is 8.46. The lowest BCUT2D eigenvalue weighted by atomic mass is 10.1. The van der Waals surface area contributed by atoms with Gasteiger partial charge in [0.2, 0.25) is 0 Å². The molecule has 0 aliphatic heterocycles. The van der Waals surface area contributed by atoms with Gasteiger partial charge in [-0.05, 0) is 18.2 Å². The second kappa shape index (κ2) is 4.00. The van der Waals surface area contributed by atoms with Crippen LogP contribution >= 0.6 is 11.6 Å². The Labute approximate surface area is 90.6 Å². The molecule has 78 valence electrons. The van der Waals surface area contributed by atoms with Crippen LogP contribution in [0.1, 0.15) is 5.69 Å². The minimum atomic E-state index is -0.387. The Morgan fingerprint density at radius 2 is 2.20 bits per heavy atom. The van der Waals surface area contributed by atoms with Gasteiger partial charge < -0.3 is 10.3 Å². The SMILES string of the molecule is NCc1cc(-c2ccc(F)cc2Cl)on1. The molecule has 0 amide bonds. The fourth-order valence-electron chi connectivity index (χ4n) is 1.22. The molecule has 0 atom stereocenters. The molecule has 0 aliphatic carbocycles. The van der Waals surface area contributed by atoms with Crippen LogP contribution in [-0.4, -0.2) is 5.16 Å². The first-order valence-corrected chi connectivity index (χ1v) is 4.69. The zero-order chi connectivity index (χ0) is 10.8. The Morgan fingerprint density at radius 1 is 1.40 bits per heavy atom. The van der Waals surface area contributed by atoms with Crippen LogP contribution in [-0.2, 0) is 6.54 Å². The standard InChI is InChI=1S/C10H8ClFN2O/c11-9-3-6(12)1-2-8(9)10-4-7(5-13)14-15-10/h1-4H,5,13H2. The summed E-state index contributed by atoms with van der Waals surface area (Å²) < 4.78 is 17.8. The highest BCUT2D eigenvalue weighted by Gasteiger charge is 2.10. The van der Waals surface area contributed by atoms with E-state index in [0.29, 0.717) is 23.6 Å². The molecule has 0 spiro atoms. The van der Waals surface area contributed by atoms with Crippen LogP contribution in [0.25, 0.3) is 11.3 Å². The molecule has 0 saturated carbocycles. The third-order valence-corrected chi connectivity index (χ3v) is 2.28. The van der Waals surface area contributed by atoms with Gasteiger partial charge in [-0.25, -0.2) is 4.39 Å². The van der Waals surface area contributed by atoms with Crippen LogP contribution < -0.4 is 5.73 Å². The Balaban J connectivity index is 2.44. The number of aromatic nitrogens is 1. The highest BCUT2D eigenvalue weighted by molar-refractivity contribution is 6.33. The third kappa shape index (κ3) is 2.00. The van der Waals surface area contributed by atoms with Crippen molar-refractivity contribution in [2.75, 3.05) is 0 Å². The molecule has 0 radical (unpaired) electrons. The maximum absolute atomic E-state index is 12.8. The normalized spacial score (nSPS) is 10.6. The summed E-state index contributed by atoms with van der Waals surface area (Å²) in [6.07, 6.45) is 0. The van der Waals surface area contributed by atoms with E-state index >= 15 is 0 Å². The van der Waals surface area contributed by atoms with Gasteiger partial charge in [-0.15, -0.1) is 0 Å². The predicted octanol–water partition coefficient (Wildman–Crippen LogP) is 2.59. The summed E-state index contributed by atoms with van der Waals surface area (Å²) in [5.41, 5.74) is 6.62. The van der Waals surface area contributed by atoms with Crippen LogP contribution in [0, 0.1) is 5.82 Å². The van der Waals surface area contributed by atoms with Crippen molar-refractivity contribution in [1.29, 1.82) is 0 Å². The largest absolute Gasteiger partial charge is 0.356 e. The maximum Gasteiger partial charge on any atom is 0.168 e. The third-order valence-electron chi connectivity index (χ3n) is 1.96.